The lowest BCUT2D eigenvalue weighted by Gasteiger charge is -2.47. The second kappa shape index (κ2) is 4.99. The van der Waals surface area contributed by atoms with Gasteiger partial charge in [0, 0.05) is 12.1 Å². The molecule has 96 valence electrons. The van der Waals surface area contributed by atoms with Crippen LogP contribution in [0.3, 0.4) is 0 Å². The van der Waals surface area contributed by atoms with Crippen LogP contribution >= 0.6 is 0 Å². The number of nitrogens with zero attached hydrogens (tertiary/aromatic N) is 2. The van der Waals surface area contributed by atoms with Gasteiger partial charge in [-0.05, 0) is 51.9 Å². The smallest absolute Gasteiger partial charge is 0.101 e. The van der Waals surface area contributed by atoms with Gasteiger partial charge in [0.1, 0.15) is 6.07 Å². The maximum absolute atomic E-state index is 9.15. The Morgan fingerprint density at radius 1 is 1.39 bits per heavy atom. The van der Waals surface area contributed by atoms with E-state index < -0.39 is 0 Å². The minimum absolute atomic E-state index is 0.273. The van der Waals surface area contributed by atoms with Gasteiger partial charge in [-0.2, -0.15) is 5.26 Å². The lowest BCUT2D eigenvalue weighted by Crippen LogP contribution is -2.54. The van der Waals surface area contributed by atoms with Crippen LogP contribution < -0.4 is 5.32 Å². The molecule has 3 nitrogen and oxygen atoms in total. The van der Waals surface area contributed by atoms with Gasteiger partial charge in [0.25, 0.3) is 0 Å². The van der Waals surface area contributed by atoms with Crippen molar-refractivity contribution in [3.05, 3.63) is 29.3 Å². The van der Waals surface area contributed by atoms with Crippen LogP contribution in [0, 0.1) is 18.3 Å². The van der Waals surface area contributed by atoms with E-state index in [9.17, 15) is 0 Å². The Kier molecular flexibility index (Phi) is 3.58. The summed E-state index contributed by atoms with van der Waals surface area (Å²) < 4.78 is 0. The monoisotopic (exact) mass is 243 g/mol. The first kappa shape index (κ1) is 12.9. The number of nitriles is 1. The highest BCUT2D eigenvalue weighted by Gasteiger charge is 2.38. The molecular formula is C15H21N3. The van der Waals surface area contributed by atoms with E-state index in [-0.39, 0.29) is 5.54 Å². The van der Waals surface area contributed by atoms with Gasteiger partial charge in [-0.15, -0.1) is 0 Å². The molecule has 1 N–H and O–H groups in total. The van der Waals surface area contributed by atoms with Crippen molar-refractivity contribution in [2.45, 2.75) is 31.7 Å². The summed E-state index contributed by atoms with van der Waals surface area (Å²) in [4.78, 5) is 2.31. The van der Waals surface area contributed by atoms with Crippen LogP contribution in [-0.2, 0) is 0 Å². The molecule has 3 heteroatoms. The molecular weight excluding hydrogens is 222 g/mol. The highest BCUT2D eigenvalue weighted by molar-refractivity contribution is 5.62. The number of para-hydroxylation sites is 1. The molecule has 2 rings (SSSR count). The topological polar surface area (TPSA) is 39.1 Å². The van der Waals surface area contributed by atoms with E-state index in [1.807, 2.05) is 25.1 Å². The molecule has 0 radical (unpaired) electrons. The summed E-state index contributed by atoms with van der Waals surface area (Å²) in [6, 6.07) is 8.12. The second-order valence-corrected chi connectivity index (χ2v) is 5.44. The standard InChI is InChI=1S/C15H21N3/c1-12-6-4-7-13(10-16)14(12)17-11-15(18(2)3)8-5-9-15/h4,6-7,17H,5,8-9,11H2,1-3H3. The summed E-state index contributed by atoms with van der Waals surface area (Å²) in [6.45, 7) is 2.96. The third-order valence-electron chi connectivity index (χ3n) is 4.22. The quantitative estimate of drug-likeness (QED) is 0.883. The highest BCUT2D eigenvalue weighted by Crippen LogP contribution is 2.36. The zero-order valence-electron chi connectivity index (χ0n) is 11.5. The summed E-state index contributed by atoms with van der Waals surface area (Å²) in [5.74, 6) is 0. The number of benzene rings is 1. The molecule has 0 amide bonds. The van der Waals surface area contributed by atoms with Crippen molar-refractivity contribution in [3.8, 4) is 6.07 Å². The second-order valence-electron chi connectivity index (χ2n) is 5.44. The average molecular weight is 243 g/mol. The zero-order chi connectivity index (χ0) is 13.2. The molecule has 1 saturated carbocycles. The molecule has 0 aliphatic heterocycles. The van der Waals surface area contributed by atoms with Gasteiger partial charge < -0.3 is 10.2 Å². The van der Waals surface area contributed by atoms with Crippen LogP contribution in [0.4, 0.5) is 5.69 Å². The molecule has 0 bridgehead atoms. The fourth-order valence-corrected chi connectivity index (χ4v) is 2.62. The molecule has 1 aromatic carbocycles. The summed E-state index contributed by atoms with van der Waals surface area (Å²) in [5, 5.41) is 12.6. The first-order chi connectivity index (χ1) is 8.59. The summed E-state index contributed by atoms with van der Waals surface area (Å²) in [5.41, 5.74) is 3.15. The van der Waals surface area contributed by atoms with Crippen LogP contribution in [0.15, 0.2) is 18.2 Å². The lowest BCUT2D eigenvalue weighted by atomic mass is 9.75. The SMILES string of the molecule is Cc1cccc(C#N)c1NCC1(N(C)C)CCC1. The fraction of sp³-hybridized carbons (Fsp3) is 0.533. The van der Waals surface area contributed by atoms with Crippen molar-refractivity contribution in [1.29, 1.82) is 5.26 Å². The molecule has 0 aromatic heterocycles. The molecule has 0 heterocycles. The Labute approximate surface area is 109 Å². The van der Waals surface area contributed by atoms with E-state index in [4.69, 9.17) is 5.26 Å². The van der Waals surface area contributed by atoms with Crippen LogP contribution in [0.2, 0.25) is 0 Å². The molecule has 1 aromatic rings. The van der Waals surface area contributed by atoms with E-state index in [2.05, 4.69) is 30.4 Å². The predicted molar refractivity (Wildman–Crippen MR) is 74.7 cm³/mol. The summed E-state index contributed by atoms with van der Waals surface area (Å²) in [7, 11) is 4.29. The van der Waals surface area contributed by atoms with E-state index in [0.29, 0.717) is 0 Å². The number of anilines is 1. The zero-order valence-corrected chi connectivity index (χ0v) is 11.5. The minimum Gasteiger partial charge on any atom is -0.382 e. The molecule has 1 aliphatic carbocycles. The van der Waals surface area contributed by atoms with Crippen LogP contribution in [0.1, 0.15) is 30.4 Å². The average Bonchev–Trinajstić information content (AvgIpc) is 2.28. The molecule has 0 spiro atoms. The largest absolute Gasteiger partial charge is 0.382 e. The third-order valence-corrected chi connectivity index (χ3v) is 4.22. The fourth-order valence-electron chi connectivity index (χ4n) is 2.62. The Hall–Kier alpha value is -1.53. The van der Waals surface area contributed by atoms with Gasteiger partial charge in [0.15, 0.2) is 0 Å². The number of hydrogen-bond donors (Lipinski definition) is 1. The molecule has 0 atom stereocenters. The Balaban J connectivity index is 2.13. The van der Waals surface area contributed by atoms with Gasteiger partial charge in [-0.1, -0.05) is 12.1 Å². The number of nitrogens with one attached hydrogen (secondary N) is 1. The normalized spacial score (nSPS) is 17.1. The first-order valence-electron chi connectivity index (χ1n) is 6.50. The van der Waals surface area contributed by atoms with Gasteiger partial charge in [0.2, 0.25) is 0 Å². The number of likely N-dealkylation sites (N-methyl/N-ethyl adjacent to an activating group) is 1. The molecule has 0 saturated heterocycles. The molecule has 1 aliphatic rings. The summed E-state index contributed by atoms with van der Waals surface area (Å²) >= 11 is 0. The minimum atomic E-state index is 0.273. The Bertz CT molecular complexity index is 467. The Morgan fingerprint density at radius 2 is 2.11 bits per heavy atom. The van der Waals surface area contributed by atoms with Crippen molar-refractivity contribution >= 4 is 5.69 Å². The number of rotatable bonds is 4. The van der Waals surface area contributed by atoms with Gasteiger partial charge >= 0.3 is 0 Å². The van der Waals surface area contributed by atoms with Gasteiger partial charge in [0.05, 0.1) is 11.3 Å². The number of hydrogen-bond acceptors (Lipinski definition) is 3. The molecule has 18 heavy (non-hydrogen) atoms. The van der Waals surface area contributed by atoms with Crippen molar-refractivity contribution in [3.63, 3.8) is 0 Å². The summed E-state index contributed by atoms with van der Waals surface area (Å²) in [6.07, 6.45) is 3.78. The van der Waals surface area contributed by atoms with Crippen LogP contribution in [-0.4, -0.2) is 31.1 Å². The number of aryl methyl sites for hydroxylation is 1. The van der Waals surface area contributed by atoms with Crippen LogP contribution in [0.25, 0.3) is 0 Å². The highest BCUT2D eigenvalue weighted by atomic mass is 15.2. The Morgan fingerprint density at radius 3 is 2.61 bits per heavy atom. The maximum atomic E-state index is 9.15. The predicted octanol–water partition coefficient (Wildman–Crippen LogP) is 2.76. The van der Waals surface area contributed by atoms with Gasteiger partial charge in [-0.3, -0.25) is 0 Å². The van der Waals surface area contributed by atoms with E-state index >= 15 is 0 Å². The van der Waals surface area contributed by atoms with Crippen molar-refractivity contribution in [1.82, 2.24) is 4.90 Å². The maximum Gasteiger partial charge on any atom is 0.101 e. The van der Waals surface area contributed by atoms with Crippen LogP contribution in [0.5, 0.6) is 0 Å². The molecule has 0 unspecified atom stereocenters. The molecule has 1 fully saturated rings. The van der Waals surface area contributed by atoms with Crippen molar-refractivity contribution < 1.29 is 0 Å². The van der Waals surface area contributed by atoms with Crippen molar-refractivity contribution in [2.24, 2.45) is 0 Å². The van der Waals surface area contributed by atoms with E-state index in [1.165, 1.54) is 19.3 Å². The third kappa shape index (κ3) is 2.21. The van der Waals surface area contributed by atoms with Crippen molar-refractivity contribution in [2.75, 3.05) is 26.0 Å². The lowest BCUT2D eigenvalue weighted by molar-refractivity contribution is 0.0739. The van der Waals surface area contributed by atoms with E-state index in [1.54, 1.807) is 0 Å². The van der Waals surface area contributed by atoms with Gasteiger partial charge in [-0.25, -0.2) is 0 Å². The van der Waals surface area contributed by atoms with E-state index in [0.717, 1.165) is 23.4 Å². The first-order valence-corrected chi connectivity index (χ1v) is 6.50.